The summed E-state index contributed by atoms with van der Waals surface area (Å²) in [6, 6.07) is 9.12. The number of pyridine rings is 1. The molecule has 4 aromatic rings. The highest BCUT2D eigenvalue weighted by Crippen LogP contribution is 2.31. The minimum absolute atomic E-state index is 0.134. The van der Waals surface area contributed by atoms with Gasteiger partial charge < -0.3 is 9.64 Å². The Bertz CT molecular complexity index is 1360. The second-order valence-corrected chi connectivity index (χ2v) is 8.46. The van der Waals surface area contributed by atoms with E-state index in [9.17, 15) is 4.39 Å². The number of nitrogens with zero attached hydrogens (tertiary/aromatic N) is 6. The van der Waals surface area contributed by atoms with Gasteiger partial charge in [-0.3, -0.25) is 4.98 Å². The molecule has 1 atom stereocenters. The summed E-state index contributed by atoms with van der Waals surface area (Å²) in [5, 5.41) is 0. The highest BCUT2D eigenvalue weighted by Gasteiger charge is 2.26. The fourth-order valence-corrected chi connectivity index (χ4v) is 4.04. The van der Waals surface area contributed by atoms with Crippen molar-refractivity contribution in [1.82, 2.24) is 24.9 Å². The van der Waals surface area contributed by atoms with Crippen molar-refractivity contribution in [3.63, 3.8) is 0 Å². The molecule has 1 aliphatic heterocycles. The molecule has 0 amide bonds. The summed E-state index contributed by atoms with van der Waals surface area (Å²) >= 11 is 0. The van der Waals surface area contributed by atoms with Crippen LogP contribution in [-0.2, 0) is 4.74 Å². The molecule has 3 aromatic heterocycles. The molecule has 0 bridgehead atoms. The zero-order valence-electron chi connectivity index (χ0n) is 19.1. The number of hydrogen-bond acceptors (Lipinski definition) is 7. The van der Waals surface area contributed by atoms with Crippen LogP contribution in [0.25, 0.3) is 22.4 Å². The van der Waals surface area contributed by atoms with Crippen LogP contribution in [0.2, 0.25) is 0 Å². The highest BCUT2D eigenvalue weighted by atomic mass is 19.1. The Morgan fingerprint density at radius 3 is 2.58 bits per heavy atom. The van der Waals surface area contributed by atoms with Crippen molar-refractivity contribution in [1.29, 1.82) is 0 Å². The minimum atomic E-state index is -0.340. The fourth-order valence-electron chi connectivity index (χ4n) is 4.04. The molecule has 168 valence electrons. The molecule has 0 aliphatic carbocycles. The number of fused-ring (bicyclic) bond motifs is 1. The summed E-state index contributed by atoms with van der Waals surface area (Å²) < 4.78 is 21.0. The normalized spacial score (nSPS) is 16.4. The van der Waals surface area contributed by atoms with E-state index >= 15 is 0 Å². The van der Waals surface area contributed by atoms with E-state index in [0.717, 1.165) is 28.2 Å². The Kier molecular flexibility index (Phi) is 5.46. The molecule has 0 spiro atoms. The van der Waals surface area contributed by atoms with Crippen molar-refractivity contribution < 1.29 is 9.13 Å². The zero-order chi connectivity index (χ0) is 23.1. The van der Waals surface area contributed by atoms with Crippen molar-refractivity contribution in [3.8, 4) is 11.3 Å². The van der Waals surface area contributed by atoms with Gasteiger partial charge in [0.1, 0.15) is 23.1 Å². The molecule has 0 saturated carbocycles. The van der Waals surface area contributed by atoms with Gasteiger partial charge in [0.15, 0.2) is 5.65 Å². The van der Waals surface area contributed by atoms with Crippen LogP contribution < -0.4 is 4.90 Å². The van der Waals surface area contributed by atoms with Gasteiger partial charge in [-0.05, 0) is 63.1 Å². The van der Waals surface area contributed by atoms with Crippen LogP contribution in [0.15, 0.2) is 36.5 Å². The molecule has 0 N–H and O–H groups in total. The maximum absolute atomic E-state index is 15.0. The Labute approximate surface area is 191 Å². The molecule has 33 heavy (non-hydrogen) atoms. The topological polar surface area (TPSA) is 76.9 Å². The molecule has 1 saturated heterocycles. The fraction of sp³-hybridized carbons (Fsp3) is 0.320. The third-order valence-electron chi connectivity index (χ3n) is 5.95. The number of anilines is 1. The van der Waals surface area contributed by atoms with Gasteiger partial charge in [-0.25, -0.2) is 19.3 Å². The SMILES string of the molecule is Cc1ccc(-c2nc(N3CCOC(c4ccnc(C)c4)C3)nc3nc(C)c(C)nc23)c(F)c1. The number of morpholine rings is 1. The predicted octanol–water partition coefficient (Wildman–Crippen LogP) is 4.43. The molecule has 1 fully saturated rings. The van der Waals surface area contributed by atoms with E-state index in [1.54, 1.807) is 12.3 Å². The standard InChI is InChI=1S/C25H25FN6O/c1-14-5-6-19(20(26)11-14)22-23-24(29-17(4)16(3)28-23)31-25(30-22)32-9-10-33-21(13-32)18-7-8-27-15(2)12-18/h5-8,11-12,21H,9-10,13H2,1-4H3. The van der Waals surface area contributed by atoms with E-state index < -0.39 is 0 Å². The lowest BCUT2D eigenvalue weighted by Gasteiger charge is -2.33. The molecule has 1 aromatic carbocycles. The summed E-state index contributed by atoms with van der Waals surface area (Å²) in [7, 11) is 0. The average molecular weight is 445 g/mol. The lowest BCUT2D eigenvalue weighted by Crippen LogP contribution is -2.39. The lowest BCUT2D eigenvalue weighted by molar-refractivity contribution is 0.0391. The van der Waals surface area contributed by atoms with E-state index in [0.29, 0.717) is 48.1 Å². The lowest BCUT2D eigenvalue weighted by atomic mass is 10.1. The zero-order valence-corrected chi connectivity index (χ0v) is 19.1. The van der Waals surface area contributed by atoms with Gasteiger partial charge in [-0.1, -0.05) is 6.07 Å². The van der Waals surface area contributed by atoms with Gasteiger partial charge in [0.05, 0.1) is 24.5 Å². The number of benzene rings is 1. The average Bonchev–Trinajstić information content (AvgIpc) is 2.80. The molecule has 1 unspecified atom stereocenters. The van der Waals surface area contributed by atoms with Crippen LogP contribution in [0, 0.1) is 33.5 Å². The van der Waals surface area contributed by atoms with Crippen LogP contribution in [0.4, 0.5) is 10.3 Å². The number of aromatic nitrogens is 5. The summed E-state index contributed by atoms with van der Waals surface area (Å²) in [6.45, 7) is 9.32. The molecule has 8 heteroatoms. The van der Waals surface area contributed by atoms with Crippen molar-refractivity contribution in [2.75, 3.05) is 24.6 Å². The second-order valence-electron chi connectivity index (χ2n) is 8.46. The summed E-state index contributed by atoms with van der Waals surface area (Å²) in [4.78, 5) is 25.2. The van der Waals surface area contributed by atoms with Gasteiger partial charge >= 0.3 is 0 Å². The maximum atomic E-state index is 15.0. The Hall–Kier alpha value is -3.52. The Morgan fingerprint density at radius 1 is 0.970 bits per heavy atom. The number of halogens is 1. The predicted molar refractivity (Wildman–Crippen MR) is 125 cm³/mol. The Morgan fingerprint density at radius 2 is 1.79 bits per heavy atom. The first-order valence-corrected chi connectivity index (χ1v) is 11.0. The molecule has 4 heterocycles. The van der Waals surface area contributed by atoms with Crippen molar-refractivity contribution >= 4 is 17.1 Å². The third kappa shape index (κ3) is 4.14. The number of ether oxygens (including phenoxy) is 1. The van der Waals surface area contributed by atoms with Crippen molar-refractivity contribution in [2.45, 2.75) is 33.8 Å². The van der Waals surface area contributed by atoms with Crippen molar-refractivity contribution in [2.24, 2.45) is 0 Å². The van der Waals surface area contributed by atoms with Crippen molar-refractivity contribution in [3.05, 3.63) is 70.6 Å². The van der Waals surface area contributed by atoms with Crippen LogP contribution in [0.5, 0.6) is 0 Å². The maximum Gasteiger partial charge on any atom is 0.228 e. The summed E-state index contributed by atoms with van der Waals surface area (Å²) in [6.07, 6.45) is 1.66. The molecule has 1 aliphatic rings. The third-order valence-corrected chi connectivity index (χ3v) is 5.95. The smallest absolute Gasteiger partial charge is 0.228 e. The minimum Gasteiger partial charge on any atom is -0.370 e. The first kappa shape index (κ1) is 21.3. The quantitative estimate of drug-likeness (QED) is 0.463. The van der Waals surface area contributed by atoms with Crippen LogP contribution in [0.1, 0.15) is 34.3 Å². The van der Waals surface area contributed by atoms with Crippen LogP contribution >= 0.6 is 0 Å². The van der Waals surface area contributed by atoms with E-state index in [1.165, 1.54) is 6.07 Å². The van der Waals surface area contributed by atoms with Gasteiger partial charge in [0.2, 0.25) is 5.95 Å². The molecular weight excluding hydrogens is 419 g/mol. The van der Waals surface area contributed by atoms with Gasteiger partial charge in [-0.15, -0.1) is 0 Å². The van der Waals surface area contributed by atoms with E-state index in [-0.39, 0.29) is 11.9 Å². The second kappa shape index (κ2) is 8.44. The van der Waals surface area contributed by atoms with Gasteiger partial charge in [0, 0.05) is 24.0 Å². The first-order valence-electron chi connectivity index (χ1n) is 11.0. The molecule has 7 nitrogen and oxygen atoms in total. The highest BCUT2D eigenvalue weighted by molar-refractivity contribution is 5.88. The first-order chi connectivity index (χ1) is 15.9. The van der Waals surface area contributed by atoms with E-state index in [1.807, 2.05) is 45.9 Å². The number of aryl methyl sites for hydroxylation is 4. The number of hydrogen-bond donors (Lipinski definition) is 0. The summed E-state index contributed by atoms with van der Waals surface area (Å²) in [5.41, 5.74) is 6.20. The molecule has 0 radical (unpaired) electrons. The molecule has 5 rings (SSSR count). The Balaban J connectivity index is 1.62. The largest absolute Gasteiger partial charge is 0.370 e. The van der Waals surface area contributed by atoms with Gasteiger partial charge in [-0.2, -0.15) is 4.98 Å². The molecular formula is C25H25FN6O. The van der Waals surface area contributed by atoms with E-state index in [4.69, 9.17) is 14.7 Å². The monoisotopic (exact) mass is 444 g/mol. The summed E-state index contributed by atoms with van der Waals surface area (Å²) in [5.74, 6) is 0.155. The van der Waals surface area contributed by atoms with Gasteiger partial charge in [0.25, 0.3) is 0 Å². The van der Waals surface area contributed by atoms with Crippen LogP contribution in [-0.4, -0.2) is 44.6 Å². The van der Waals surface area contributed by atoms with Crippen LogP contribution in [0.3, 0.4) is 0 Å². The number of rotatable bonds is 3. The van der Waals surface area contributed by atoms with E-state index in [2.05, 4.69) is 19.9 Å².